The zero-order valence-electron chi connectivity index (χ0n) is 23.7. The molecule has 0 amide bonds. The molecule has 2 N–H and O–H groups in total. The fourth-order valence-corrected chi connectivity index (χ4v) is 5.21. The van der Waals surface area contributed by atoms with Gasteiger partial charge in [-0.1, -0.05) is 30.3 Å². The highest BCUT2D eigenvalue weighted by atomic mass is 19.1. The molecule has 0 fully saturated rings. The Morgan fingerprint density at radius 2 is 1.76 bits per heavy atom. The summed E-state index contributed by atoms with van der Waals surface area (Å²) in [6.45, 7) is 6.73. The number of benzene rings is 3. The van der Waals surface area contributed by atoms with Crippen LogP contribution in [0.3, 0.4) is 0 Å². The molecule has 5 rings (SSSR count). The lowest BCUT2D eigenvalue weighted by Gasteiger charge is -2.22. The lowest BCUT2D eigenvalue weighted by molar-refractivity contribution is -0.146. The lowest BCUT2D eigenvalue weighted by atomic mass is 9.87. The third-order valence-corrected chi connectivity index (χ3v) is 7.13. The van der Waals surface area contributed by atoms with Gasteiger partial charge in [0, 0.05) is 17.7 Å². The van der Waals surface area contributed by atoms with Crippen molar-refractivity contribution in [3.63, 3.8) is 0 Å². The molecule has 0 aliphatic carbocycles. The molecule has 3 aromatic carbocycles. The van der Waals surface area contributed by atoms with Crippen molar-refractivity contribution in [3.8, 4) is 33.8 Å². The van der Waals surface area contributed by atoms with Crippen LogP contribution in [0.25, 0.3) is 22.3 Å². The molecule has 0 radical (unpaired) electrons. The van der Waals surface area contributed by atoms with E-state index in [-0.39, 0.29) is 24.3 Å². The van der Waals surface area contributed by atoms with Crippen molar-refractivity contribution in [1.82, 2.24) is 4.98 Å². The number of halogens is 1. The molecule has 0 saturated heterocycles. The molecule has 0 saturated carbocycles. The number of fused-ring (bicyclic) bond motifs is 1. The minimum absolute atomic E-state index is 0.0811. The molecule has 0 atom stereocenters. The van der Waals surface area contributed by atoms with Crippen molar-refractivity contribution in [2.45, 2.75) is 52.6 Å². The van der Waals surface area contributed by atoms with Crippen LogP contribution in [-0.4, -0.2) is 30.3 Å². The molecule has 1 aromatic heterocycles. The number of hydrogen-bond acceptors (Lipinski definition) is 6. The van der Waals surface area contributed by atoms with Crippen molar-refractivity contribution >= 4 is 11.8 Å². The number of aromatic nitrogens is 1. The van der Waals surface area contributed by atoms with Gasteiger partial charge in [0.05, 0.1) is 25.7 Å². The van der Waals surface area contributed by atoms with Crippen LogP contribution in [-0.2, 0) is 28.8 Å². The zero-order valence-corrected chi connectivity index (χ0v) is 23.7. The van der Waals surface area contributed by atoms with Crippen molar-refractivity contribution in [1.29, 1.82) is 0 Å². The number of hydrogen-bond donors (Lipinski definition) is 1. The van der Waals surface area contributed by atoms with E-state index in [1.807, 2.05) is 57.2 Å². The summed E-state index contributed by atoms with van der Waals surface area (Å²) in [4.78, 5) is 17.5. The van der Waals surface area contributed by atoms with E-state index in [2.05, 4.69) is 11.1 Å². The third kappa shape index (κ3) is 6.68. The van der Waals surface area contributed by atoms with Gasteiger partial charge in [-0.3, -0.25) is 4.79 Å². The zero-order chi connectivity index (χ0) is 28.9. The first kappa shape index (κ1) is 28.1. The van der Waals surface area contributed by atoms with Crippen LogP contribution >= 0.6 is 0 Å². The van der Waals surface area contributed by atoms with Crippen LogP contribution in [0.1, 0.15) is 42.7 Å². The monoisotopic (exact) mass is 554 g/mol. The maximum absolute atomic E-state index is 13.2. The van der Waals surface area contributed by atoms with Crippen LogP contribution < -0.4 is 15.2 Å². The normalized spacial score (nSPS) is 12.5. The summed E-state index contributed by atoms with van der Waals surface area (Å²) >= 11 is 0. The van der Waals surface area contributed by atoms with E-state index in [1.165, 1.54) is 12.1 Å². The van der Waals surface area contributed by atoms with Crippen LogP contribution in [0.15, 0.2) is 66.7 Å². The van der Waals surface area contributed by atoms with Crippen LogP contribution in [0.5, 0.6) is 11.5 Å². The van der Waals surface area contributed by atoms with Crippen molar-refractivity contribution in [2.75, 3.05) is 18.9 Å². The quantitative estimate of drug-likeness (QED) is 0.227. The summed E-state index contributed by atoms with van der Waals surface area (Å²) in [5.41, 5.74) is 13.7. The maximum atomic E-state index is 13.2. The fourth-order valence-electron chi connectivity index (χ4n) is 5.21. The Labute approximate surface area is 240 Å². The van der Waals surface area contributed by atoms with Crippen LogP contribution in [0.2, 0.25) is 0 Å². The second kappa shape index (κ2) is 12.4. The van der Waals surface area contributed by atoms with Gasteiger partial charge in [0.25, 0.3) is 0 Å². The second-order valence-electron chi connectivity index (χ2n) is 10.6. The number of rotatable bonds is 9. The number of esters is 1. The number of ether oxygens (including phenoxy) is 3. The van der Waals surface area contributed by atoms with Gasteiger partial charge < -0.3 is 19.9 Å². The maximum Gasteiger partial charge on any atom is 0.310 e. The second-order valence-corrected chi connectivity index (χ2v) is 10.6. The molecule has 1 aliphatic rings. The van der Waals surface area contributed by atoms with E-state index in [0.717, 1.165) is 57.5 Å². The standard InChI is InChI=1S/C34H35FN2O4/c1-21(2)41-31(38)20-29-22(3)37-34(36)33(32(29)26-10-15-30-25(19-26)5-4-17-40-30)24-8-13-28(14-9-24)39-18-16-23-6-11-27(35)12-7-23/h6-15,19,21H,4-5,16-18,20H2,1-3H3,(H2,36,37). The molecule has 41 heavy (non-hydrogen) atoms. The Morgan fingerprint density at radius 3 is 2.49 bits per heavy atom. The SMILES string of the molecule is Cc1nc(N)c(-c2ccc(OCCc3ccc(F)cc3)cc2)c(-c2ccc3c(c2)CCCO3)c1CC(=O)OC(C)C. The highest BCUT2D eigenvalue weighted by Gasteiger charge is 2.23. The Bertz CT molecular complexity index is 1530. The molecule has 0 bridgehead atoms. The topological polar surface area (TPSA) is 83.7 Å². The van der Waals surface area contributed by atoms with E-state index in [9.17, 15) is 9.18 Å². The first-order valence-electron chi connectivity index (χ1n) is 14.0. The van der Waals surface area contributed by atoms with Crippen LogP contribution in [0, 0.1) is 12.7 Å². The first-order valence-corrected chi connectivity index (χ1v) is 14.0. The molecule has 212 valence electrons. The Kier molecular flexibility index (Phi) is 8.53. The van der Waals surface area contributed by atoms with E-state index >= 15 is 0 Å². The summed E-state index contributed by atoms with van der Waals surface area (Å²) in [7, 11) is 0. The van der Waals surface area contributed by atoms with E-state index < -0.39 is 0 Å². The molecule has 0 spiro atoms. The van der Waals surface area contributed by atoms with Gasteiger partial charge in [-0.15, -0.1) is 0 Å². The summed E-state index contributed by atoms with van der Waals surface area (Å²) in [5.74, 6) is 1.43. The van der Waals surface area contributed by atoms with Gasteiger partial charge in [0.1, 0.15) is 23.1 Å². The average molecular weight is 555 g/mol. The van der Waals surface area contributed by atoms with E-state index in [0.29, 0.717) is 36.9 Å². The van der Waals surface area contributed by atoms with Crippen LogP contribution in [0.4, 0.5) is 10.2 Å². The summed E-state index contributed by atoms with van der Waals surface area (Å²) < 4.78 is 30.5. The van der Waals surface area contributed by atoms with Gasteiger partial charge in [-0.05, 0) is 103 Å². The van der Waals surface area contributed by atoms with Gasteiger partial charge in [0.2, 0.25) is 0 Å². The number of pyridine rings is 1. The lowest BCUT2D eigenvalue weighted by Crippen LogP contribution is -2.16. The van der Waals surface area contributed by atoms with Gasteiger partial charge in [-0.2, -0.15) is 0 Å². The Morgan fingerprint density at radius 1 is 1.02 bits per heavy atom. The largest absolute Gasteiger partial charge is 0.493 e. The molecule has 2 heterocycles. The van der Waals surface area contributed by atoms with Crippen molar-refractivity contribution in [2.24, 2.45) is 0 Å². The highest BCUT2D eigenvalue weighted by molar-refractivity contribution is 5.94. The van der Waals surface area contributed by atoms with Crippen molar-refractivity contribution < 1.29 is 23.4 Å². The summed E-state index contributed by atoms with van der Waals surface area (Å²) in [5, 5.41) is 0. The highest BCUT2D eigenvalue weighted by Crippen LogP contribution is 2.42. The molecule has 1 aliphatic heterocycles. The molecular weight excluding hydrogens is 519 g/mol. The van der Waals surface area contributed by atoms with E-state index in [1.54, 1.807) is 12.1 Å². The minimum Gasteiger partial charge on any atom is -0.493 e. The summed E-state index contributed by atoms with van der Waals surface area (Å²) in [6, 6.07) is 20.3. The first-order chi connectivity index (χ1) is 19.8. The van der Waals surface area contributed by atoms with Gasteiger partial charge >= 0.3 is 5.97 Å². The summed E-state index contributed by atoms with van der Waals surface area (Å²) in [6.07, 6.45) is 2.41. The Hall–Kier alpha value is -4.39. The molecule has 0 unspecified atom stereocenters. The molecule has 4 aromatic rings. The number of nitrogen functional groups attached to an aromatic ring is 1. The minimum atomic E-state index is -0.312. The molecule has 7 heteroatoms. The number of carbonyl (C=O) groups excluding carboxylic acids is 1. The van der Waals surface area contributed by atoms with E-state index in [4.69, 9.17) is 19.9 Å². The number of nitrogens with zero attached hydrogens (tertiary/aromatic N) is 1. The average Bonchev–Trinajstić information content (AvgIpc) is 2.95. The number of aryl methyl sites for hydroxylation is 2. The third-order valence-electron chi connectivity index (χ3n) is 7.13. The number of anilines is 1. The fraction of sp³-hybridized carbons (Fsp3) is 0.294. The van der Waals surface area contributed by atoms with Gasteiger partial charge in [-0.25, -0.2) is 9.37 Å². The Balaban J connectivity index is 1.50. The van der Waals surface area contributed by atoms with Crippen molar-refractivity contribution in [3.05, 3.63) is 94.9 Å². The predicted octanol–water partition coefficient (Wildman–Crippen LogP) is 6.89. The smallest absolute Gasteiger partial charge is 0.310 e. The molecule has 6 nitrogen and oxygen atoms in total. The predicted molar refractivity (Wildman–Crippen MR) is 159 cm³/mol. The molecular formula is C34H35FN2O4. The van der Waals surface area contributed by atoms with Gasteiger partial charge in [0.15, 0.2) is 0 Å². The number of nitrogens with two attached hydrogens (primary N) is 1. The number of carbonyl (C=O) groups is 1.